The van der Waals surface area contributed by atoms with Gasteiger partial charge in [-0.05, 0) is 72.9 Å². The van der Waals surface area contributed by atoms with Crippen LogP contribution in [0.2, 0.25) is 0 Å². The van der Waals surface area contributed by atoms with E-state index in [1.807, 2.05) is 0 Å². The Labute approximate surface area is 308 Å². The van der Waals surface area contributed by atoms with E-state index in [-0.39, 0.29) is 11.0 Å². The molecule has 1 aliphatic heterocycles. The minimum absolute atomic E-state index is 0.0992. The van der Waals surface area contributed by atoms with Crippen LogP contribution in [0.5, 0.6) is 0 Å². The van der Waals surface area contributed by atoms with Crippen LogP contribution in [0.15, 0.2) is 146 Å². The molecular formula is C47H38N6. The Kier molecular flexibility index (Phi) is 6.37. The molecule has 2 atom stereocenters. The van der Waals surface area contributed by atoms with Crippen molar-refractivity contribution in [3.63, 3.8) is 0 Å². The normalized spacial score (nSPS) is 19.7. The molecule has 0 bridgehead atoms. The van der Waals surface area contributed by atoms with Crippen LogP contribution in [-0.2, 0) is 5.41 Å². The van der Waals surface area contributed by atoms with Crippen molar-refractivity contribution >= 4 is 55.2 Å². The summed E-state index contributed by atoms with van der Waals surface area (Å²) in [6, 6.07) is 52.1. The van der Waals surface area contributed by atoms with Gasteiger partial charge in [0, 0.05) is 32.6 Å². The number of hydrogen-bond acceptors (Lipinski definition) is 4. The van der Waals surface area contributed by atoms with Crippen molar-refractivity contribution < 1.29 is 0 Å². The Balaban J connectivity index is 1.23. The third kappa shape index (κ3) is 4.17. The number of hydrogen-bond donors (Lipinski definition) is 0. The van der Waals surface area contributed by atoms with E-state index in [9.17, 15) is 0 Å². The lowest BCUT2D eigenvalue weighted by molar-refractivity contribution is 0.193. The zero-order valence-corrected chi connectivity index (χ0v) is 29.9. The Hall–Kier alpha value is -6.27. The first kappa shape index (κ1) is 30.4. The third-order valence-corrected chi connectivity index (χ3v) is 12.6. The number of fused-ring (bicyclic) bond motifs is 9. The summed E-state index contributed by atoms with van der Waals surface area (Å²) >= 11 is 0. The van der Waals surface area contributed by atoms with E-state index in [1.165, 1.54) is 50.3 Å². The molecule has 6 nitrogen and oxygen atoms in total. The molecule has 6 aromatic carbocycles. The van der Waals surface area contributed by atoms with Gasteiger partial charge in [0.15, 0.2) is 0 Å². The van der Waals surface area contributed by atoms with Crippen LogP contribution in [0.25, 0.3) is 66.6 Å². The molecule has 0 N–H and O–H groups in total. The molecule has 1 aliphatic carbocycles. The first-order chi connectivity index (χ1) is 26.0. The monoisotopic (exact) mass is 686 g/mol. The molecule has 4 heterocycles. The highest BCUT2D eigenvalue weighted by Gasteiger charge is 2.58. The number of benzene rings is 6. The zero-order chi connectivity index (χ0) is 35.3. The summed E-state index contributed by atoms with van der Waals surface area (Å²) in [6.07, 6.45) is 4.51. The summed E-state index contributed by atoms with van der Waals surface area (Å²) in [5.74, 6) is 1.90. The van der Waals surface area contributed by atoms with Crippen LogP contribution in [-0.4, -0.2) is 29.6 Å². The number of anilines is 2. The summed E-state index contributed by atoms with van der Waals surface area (Å²) < 4.78 is 4.45. The van der Waals surface area contributed by atoms with Crippen LogP contribution < -0.4 is 4.90 Å². The fraction of sp³-hybridized carbons (Fsp3) is 0.170. The van der Waals surface area contributed by atoms with Gasteiger partial charge < -0.3 is 4.90 Å². The predicted octanol–water partition coefficient (Wildman–Crippen LogP) is 11.5. The topological polar surface area (TPSA) is 51.8 Å². The third-order valence-electron chi connectivity index (χ3n) is 12.6. The maximum absolute atomic E-state index is 5.53. The number of para-hydroxylation sites is 4. The first-order valence-corrected chi connectivity index (χ1v) is 18.8. The quantitative estimate of drug-likeness (QED) is 0.185. The van der Waals surface area contributed by atoms with Crippen molar-refractivity contribution in [2.75, 3.05) is 4.90 Å². The lowest BCUT2D eigenvalue weighted by Gasteiger charge is -2.49. The van der Waals surface area contributed by atoms with Gasteiger partial charge in [0.05, 0.1) is 27.6 Å². The Bertz CT molecular complexity index is 2670. The average molecular weight is 687 g/mol. The van der Waals surface area contributed by atoms with Crippen LogP contribution >= 0.6 is 0 Å². The molecule has 1 saturated carbocycles. The summed E-state index contributed by atoms with van der Waals surface area (Å²) in [5, 5.41) is 4.70. The van der Waals surface area contributed by atoms with E-state index in [2.05, 4.69) is 173 Å². The predicted molar refractivity (Wildman–Crippen MR) is 217 cm³/mol. The second-order valence-electron chi connectivity index (χ2n) is 15.2. The van der Waals surface area contributed by atoms with Crippen LogP contribution in [0.4, 0.5) is 11.6 Å². The molecule has 9 aromatic rings. The smallest absolute Gasteiger partial charge is 0.241 e. The van der Waals surface area contributed by atoms with E-state index >= 15 is 0 Å². The van der Waals surface area contributed by atoms with Crippen LogP contribution in [0.1, 0.15) is 45.1 Å². The lowest BCUT2D eigenvalue weighted by atomic mass is 9.61. The Morgan fingerprint density at radius 3 is 1.43 bits per heavy atom. The molecule has 0 amide bonds. The molecule has 0 saturated heterocycles. The Morgan fingerprint density at radius 2 is 0.906 bits per heavy atom. The molecule has 3 aromatic heterocycles. The van der Waals surface area contributed by atoms with Gasteiger partial charge in [0.1, 0.15) is 0 Å². The second-order valence-corrected chi connectivity index (χ2v) is 15.2. The van der Waals surface area contributed by atoms with Gasteiger partial charge >= 0.3 is 0 Å². The maximum Gasteiger partial charge on any atom is 0.241 e. The molecule has 53 heavy (non-hydrogen) atoms. The molecule has 0 spiro atoms. The van der Waals surface area contributed by atoms with E-state index in [0.717, 1.165) is 41.3 Å². The molecule has 2 aliphatic rings. The highest BCUT2D eigenvalue weighted by Crippen LogP contribution is 2.60. The summed E-state index contributed by atoms with van der Waals surface area (Å²) in [4.78, 5) is 19.0. The first-order valence-electron chi connectivity index (χ1n) is 18.8. The van der Waals surface area contributed by atoms with Gasteiger partial charge in [-0.15, -0.1) is 0 Å². The SMILES string of the molecule is CC12CCCCC1(C)N(c1nc(-n3c4ccccc4c4ccccc43)nc(-n3c4ccccc4c4ccccc43)n1)c1ccc(-c3ccccc3)cc12. The highest BCUT2D eigenvalue weighted by molar-refractivity contribution is 6.10. The maximum atomic E-state index is 5.53. The average Bonchev–Trinajstić information content (AvgIpc) is 3.79. The standard InChI is InChI=1S/C47H38N6/c1-46-28-14-15-29-47(46,2)53(42-27-26-32(30-37(42)46)31-16-4-3-5-17-31)45-49-43(51-38-22-10-6-18-33(38)34-19-7-11-23-39(34)51)48-44(50-45)52-40-24-12-8-20-35(40)36-21-9-13-25-41(36)52/h3-13,16-27,30H,14-15,28-29H2,1-2H3. The number of nitrogens with zero attached hydrogens (tertiary/aromatic N) is 6. The van der Waals surface area contributed by atoms with Crippen LogP contribution in [0, 0.1) is 0 Å². The van der Waals surface area contributed by atoms with Crippen molar-refractivity contribution in [2.45, 2.75) is 50.5 Å². The van der Waals surface area contributed by atoms with E-state index in [0.29, 0.717) is 17.8 Å². The minimum atomic E-state index is -0.250. The molecule has 1 fully saturated rings. The van der Waals surface area contributed by atoms with Gasteiger partial charge in [-0.1, -0.05) is 129 Å². The van der Waals surface area contributed by atoms with Crippen molar-refractivity contribution in [2.24, 2.45) is 0 Å². The molecular weight excluding hydrogens is 649 g/mol. The van der Waals surface area contributed by atoms with Gasteiger partial charge in [-0.3, -0.25) is 9.13 Å². The summed E-state index contributed by atoms with van der Waals surface area (Å²) in [5.41, 5.74) is 8.97. The van der Waals surface area contributed by atoms with Crippen molar-refractivity contribution in [1.82, 2.24) is 24.1 Å². The van der Waals surface area contributed by atoms with Crippen molar-refractivity contribution in [1.29, 1.82) is 0 Å². The lowest BCUT2D eigenvalue weighted by Crippen LogP contribution is -2.55. The minimum Gasteiger partial charge on any atom is -0.303 e. The molecule has 0 radical (unpaired) electrons. The van der Waals surface area contributed by atoms with Gasteiger partial charge in [-0.25, -0.2) is 0 Å². The van der Waals surface area contributed by atoms with Gasteiger partial charge in [0.25, 0.3) is 0 Å². The molecule has 6 heteroatoms. The molecule has 2 unspecified atom stereocenters. The number of aromatic nitrogens is 5. The fourth-order valence-electron chi connectivity index (χ4n) is 9.77. The summed E-state index contributed by atoms with van der Waals surface area (Å²) in [6.45, 7) is 4.92. The van der Waals surface area contributed by atoms with E-state index in [1.54, 1.807) is 0 Å². The van der Waals surface area contributed by atoms with Gasteiger partial charge in [-0.2, -0.15) is 15.0 Å². The molecule has 256 valence electrons. The molecule has 11 rings (SSSR count). The number of rotatable bonds is 4. The largest absolute Gasteiger partial charge is 0.303 e. The van der Waals surface area contributed by atoms with Crippen molar-refractivity contribution in [3.8, 4) is 23.0 Å². The van der Waals surface area contributed by atoms with Crippen molar-refractivity contribution in [3.05, 3.63) is 151 Å². The van der Waals surface area contributed by atoms with E-state index in [4.69, 9.17) is 15.0 Å². The summed E-state index contributed by atoms with van der Waals surface area (Å²) in [7, 11) is 0. The fourth-order valence-corrected chi connectivity index (χ4v) is 9.77. The van der Waals surface area contributed by atoms with Gasteiger partial charge in [0.2, 0.25) is 17.8 Å². The zero-order valence-electron chi connectivity index (χ0n) is 29.9. The second kappa shape index (κ2) is 11.1. The highest BCUT2D eigenvalue weighted by atomic mass is 15.4. The Morgan fingerprint density at radius 1 is 0.453 bits per heavy atom. The van der Waals surface area contributed by atoms with E-state index < -0.39 is 0 Å². The van der Waals surface area contributed by atoms with Crippen LogP contribution in [0.3, 0.4) is 0 Å².